The number of hydrogen-bond acceptors (Lipinski definition) is 6. The normalized spacial score (nSPS) is 16.9. The van der Waals surface area contributed by atoms with E-state index in [9.17, 15) is 22.4 Å². The zero-order valence-corrected chi connectivity index (χ0v) is 15.6. The molecular formula is C18H18F4N6O2. The summed E-state index contributed by atoms with van der Waals surface area (Å²) in [6.07, 6.45) is -2.45. The highest BCUT2D eigenvalue weighted by molar-refractivity contribution is 5.71. The molecule has 1 aliphatic heterocycles. The van der Waals surface area contributed by atoms with Gasteiger partial charge in [0.25, 0.3) is 0 Å². The third-order valence-corrected chi connectivity index (χ3v) is 4.80. The van der Waals surface area contributed by atoms with Crippen molar-refractivity contribution in [3.05, 3.63) is 46.3 Å². The maximum Gasteiger partial charge on any atom is 0.573 e. The Bertz CT molecular complexity index is 1100. The number of anilines is 1. The van der Waals surface area contributed by atoms with Crippen LogP contribution in [0.5, 0.6) is 5.75 Å². The summed E-state index contributed by atoms with van der Waals surface area (Å²) >= 11 is 0. The Morgan fingerprint density at radius 2 is 2.17 bits per heavy atom. The molecule has 12 heteroatoms. The van der Waals surface area contributed by atoms with E-state index >= 15 is 0 Å². The van der Waals surface area contributed by atoms with Gasteiger partial charge in [0.05, 0.1) is 12.7 Å². The third kappa shape index (κ3) is 4.53. The van der Waals surface area contributed by atoms with Gasteiger partial charge in [0, 0.05) is 12.1 Å². The largest absolute Gasteiger partial charge is 0.573 e. The number of ether oxygens (including phenoxy) is 1. The lowest BCUT2D eigenvalue weighted by Crippen LogP contribution is -2.20. The molecule has 3 N–H and O–H groups in total. The van der Waals surface area contributed by atoms with Gasteiger partial charge in [0.1, 0.15) is 17.1 Å². The zero-order chi connectivity index (χ0) is 21.3. The lowest BCUT2D eigenvalue weighted by atomic mass is 10.1. The summed E-state index contributed by atoms with van der Waals surface area (Å²) in [7, 11) is 0. The molecule has 30 heavy (non-hydrogen) atoms. The molecule has 1 atom stereocenters. The monoisotopic (exact) mass is 426 g/mol. The molecular weight excluding hydrogens is 408 g/mol. The zero-order valence-electron chi connectivity index (χ0n) is 15.6. The SMILES string of the molecule is O=c1[nH]c2cnc(NC[C@@H]3CCNC3)nc2n1Cc1cc(OC(F)(F)F)ccc1F. The van der Waals surface area contributed by atoms with E-state index in [2.05, 4.69) is 30.3 Å². The predicted molar refractivity (Wildman–Crippen MR) is 99.8 cm³/mol. The first-order valence-electron chi connectivity index (χ1n) is 9.23. The molecule has 0 saturated carbocycles. The van der Waals surface area contributed by atoms with Crippen LogP contribution in [-0.2, 0) is 6.54 Å². The molecule has 0 bridgehead atoms. The number of aromatic nitrogens is 4. The van der Waals surface area contributed by atoms with Gasteiger partial charge in [-0.15, -0.1) is 13.2 Å². The Balaban J connectivity index is 1.60. The van der Waals surface area contributed by atoms with Crippen molar-refractivity contribution in [2.24, 2.45) is 5.92 Å². The van der Waals surface area contributed by atoms with Crippen LogP contribution < -0.4 is 21.1 Å². The van der Waals surface area contributed by atoms with Crippen molar-refractivity contribution in [1.82, 2.24) is 24.8 Å². The number of halogens is 4. The van der Waals surface area contributed by atoms with E-state index in [-0.39, 0.29) is 17.8 Å². The van der Waals surface area contributed by atoms with Gasteiger partial charge in [0.15, 0.2) is 5.65 Å². The molecule has 0 radical (unpaired) electrons. The van der Waals surface area contributed by atoms with Gasteiger partial charge >= 0.3 is 12.1 Å². The number of imidazole rings is 1. The average Bonchev–Trinajstić information content (AvgIpc) is 3.30. The Hall–Kier alpha value is -3.15. The molecule has 0 aliphatic carbocycles. The van der Waals surface area contributed by atoms with Crippen LogP contribution in [0.2, 0.25) is 0 Å². The van der Waals surface area contributed by atoms with Crippen LogP contribution in [0.4, 0.5) is 23.5 Å². The number of nitrogens with zero attached hydrogens (tertiary/aromatic N) is 3. The van der Waals surface area contributed by atoms with Crippen LogP contribution in [0.1, 0.15) is 12.0 Å². The number of fused-ring (bicyclic) bond motifs is 1. The molecule has 3 aromatic rings. The highest BCUT2D eigenvalue weighted by Crippen LogP contribution is 2.25. The first kappa shape index (κ1) is 20.1. The summed E-state index contributed by atoms with van der Waals surface area (Å²) < 4.78 is 56.5. The number of benzene rings is 1. The Morgan fingerprint density at radius 3 is 2.90 bits per heavy atom. The molecule has 160 valence electrons. The van der Waals surface area contributed by atoms with Crippen LogP contribution in [-0.4, -0.2) is 45.5 Å². The summed E-state index contributed by atoms with van der Waals surface area (Å²) in [5.41, 5.74) is -0.192. The highest BCUT2D eigenvalue weighted by Gasteiger charge is 2.31. The first-order chi connectivity index (χ1) is 14.3. The summed E-state index contributed by atoms with van der Waals surface area (Å²) in [5, 5.41) is 6.37. The number of aromatic amines is 1. The Morgan fingerprint density at radius 1 is 1.33 bits per heavy atom. The molecule has 1 aliphatic rings. The van der Waals surface area contributed by atoms with Crippen molar-refractivity contribution in [3.63, 3.8) is 0 Å². The smallest absolute Gasteiger partial charge is 0.406 e. The maximum atomic E-state index is 14.2. The molecule has 0 amide bonds. The van der Waals surface area contributed by atoms with E-state index in [0.717, 1.165) is 42.3 Å². The van der Waals surface area contributed by atoms with Crippen LogP contribution in [0, 0.1) is 11.7 Å². The third-order valence-electron chi connectivity index (χ3n) is 4.80. The van der Waals surface area contributed by atoms with Gasteiger partial charge in [-0.2, -0.15) is 4.98 Å². The fourth-order valence-electron chi connectivity index (χ4n) is 3.34. The predicted octanol–water partition coefficient (Wildman–Crippen LogP) is 2.23. The van der Waals surface area contributed by atoms with E-state index < -0.39 is 23.6 Å². The van der Waals surface area contributed by atoms with E-state index in [1.54, 1.807) is 0 Å². The number of alkyl halides is 3. The number of hydrogen-bond donors (Lipinski definition) is 3. The van der Waals surface area contributed by atoms with E-state index in [1.807, 2.05) is 0 Å². The first-order valence-corrected chi connectivity index (χ1v) is 9.23. The second-order valence-corrected chi connectivity index (χ2v) is 6.99. The lowest BCUT2D eigenvalue weighted by Gasteiger charge is -2.12. The van der Waals surface area contributed by atoms with Crippen molar-refractivity contribution < 1.29 is 22.3 Å². The quantitative estimate of drug-likeness (QED) is 0.523. The molecule has 8 nitrogen and oxygen atoms in total. The fraction of sp³-hybridized carbons (Fsp3) is 0.389. The van der Waals surface area contributed by atoms with Crippen LogP contribution >= 0.6 is 0 Å². The molecule has 1 aromatic carbocycles. The molecule has 3 heterocycles. The van der Waals surface area contributed by atoms with Crippen molar-refractivity contribution in [2.45, 2.75) is 19.3 Å². The van der Waals surface area contributed by atoms with E-state index in [1.165, 1.54) is 6.20 Å². The fourth-order valence-corrected chi connectivity index (χ4v) is 3.34. The number of H-pyrrole nitrogens is 1. The molecule has 4 rings (SSSR count). The average molecular weight is 426 g/mol. The minimum absolute atomic E-state index is 0.148. The van der Waals surface area contributed by atoms with Crippen molar-refractivity contribution >= 4 is 17.1 Å². The maximum absolute atomic E-state index is 14.2. The van der Waals surface area contributed by atoms with Crippen molar-refractivity contribution in [3.8, 4) is 5.75 Å². The summed E-state index contributed by atoms with van der Waals surface area (Å²) in [5.74, 6) is -0.610. The summed E-state index contributed by atoms with van der Waals surface area (Å²) in [6.45, 7) is 2.16. The minimum atomic E-state index is -4.91. The second kappa shape index (κ2) is 7.94. The summed E-state index contributed by atoms with van der Waals surface area (Å²) in [4.78, 5) is 23.4. The highest BCUT2D eigenvalue weighted by atomic mass is 19.4. The van der Waals surface area contributed by atoms with Crippen molar-refractivity contribution in [2.75, 3.05) is 25.0 Å². The number of rotatable bonds is 6. The van der Waals surface area contributed by atoms with Gasteiger partial charge in [-0.3, -0.25) is 4.57 Å². The Labute approximate surface area is 167 Å². The lowest BCUT2D eigenvalue weighted by molar-refractivity contribution is -0.274. The van der Waals surface area contributed by atoms with Gasteiger partial charge in [-0.05, 0) is 43.6 Å². The van der Waals surface area contributed by atoms with Gasteiger partial charge in [-0.25, -0.2) is 14.2 Å². The molecule has 2 aromatic heterocycles. The number of nitrogens with one attached hydrogen (secondary N) is 3. The topological polar surface area (TPSA) is 96.9 Å². The minimum Gasteiger partial charge on any atom is -0.406 e. The molecule has 1 saturated heterocycles. The molecule has 1 fully saturated rings. The van der Waals surface area contributed by atoms with Crippen LogP contribution in [0.3, 0.4) is 0 Å². The molecule has 0 unspecified atom stereocenters. The van der Waals surface area contributed by atoms with E-state index in [4.69, 9.17) is 0 Å². The Kier molecular flexibility index (Phi) is 5.33. The van der Waals surface area contributed by atoms with E-state index in [0.29, 0.717) is 23.9 Å². The van der Waals surface area contributed by atoms with Crippen molar-refractivity contribution in [1.29, 1.82) is 0 Å². The second-order valence-electron chi connectivity index (χ2n) is 6.99. The molecule has 0 spiro atoms. The van der Waals surface area contributed by atoms with Crippen LogP contribution in [0.15, 0.2) is 29.2 Å². The van der Waals surface area contributed by atoms with Gasteiger partial charge in [0.2, 0.25) is 5.95 Å². The standard InChI is InChI=1S/C18H18F4N6O2/c19-13-2-1-12(30-18(20,21)22)5-11(13)9-28-15-14(26-17(28)29)8-25-16(27-15)24-7-10-3-4-23-6-10/h1-2,5,8,10,23H,3-4,6-7,9H2,(H,26,29)(H,24,25,27)/t10-/m1/s1. The summed E-state index contributed by atoms with van der Waals surface area (Å²) in [6, 6.07) is 2.63. The van der Waals surface area contributed by atoms with Gasteiger partial charge < -0.3 is 20.4 Å². The van der Waals surface area contributed by atoms with Gasteiger partial charge in [-0.1, -0.05) is 0 Å². The van der Waals surface area contributed by atoms with Crippen LogP contribution in [0.25, 0.3) is 11.2 Å².